The number of nitrogens with zero attached hydrogens (tertiary/aromatic N) is 2. The molecular weight excluding hydrogens is 280 g/mol. The van der Waals surface area contributed by atoms with Gasteiger partial charge in [-0.1, -0.05) is 11.6 Å². The Morgan fingerprint density at radius 3 is 2.77 bits per heavy atom. The number of carbonyl (C=O) groups is 2. The Hall–Kier alpha value is -2.43. The second-order valence-electron chi connectivity index (χ2n) is 5.81. The van der Waals surface area contributed by atoms with E-state index >= 15 is 0 Å². The lowest BCUT2D eigenvalue weighted by atomic mass is 10.1. The lowest BCUT2D eigenvalue weighted by Gasteiger charge is -2.22. The number of rotatable bonds is 2. The molecule has 0 saturated carbocycles. The summed E-state index contributed by atoms with van der Waals surface area (Å²) in [6.45, 7) is 4.27. The number of carbonyl (C=O) groups excluding carboxylic acids is 1. The standard InChI is InChI=1S/C17H18N2O3/c1-10-5-6-14-12(8-10)9-13(11(2)18-14)16(20)19-7-3-4-15(19)17(21)22/h5-6,8-9,15H,3-4,7H2,1-2H3,(H,21,22)/t15-/m1/s1. The van der Waals surface area contributed by atoms with Crippen molar-refractivity contribution < 1.29 is 14.7 Å². The maximum absolute atomic E-state index is 12.7. The molecule has 114 valence electrons. The predicted molar refractivity (Wildman–Crippen MR) is 82.9 cm³/mol. The molecule has 5 heteroatoms. The monoisotopic (exact) mass is 298 g/mol. The average molecular weight is 298 g/mol. The van der Waals surface area contributed by atoms with Crippen molar-refractivity contribution in [2.24, 2.45) is 0 Å². The van der Waals surface area contributed by atoms with Gasteiger partial charge in [-0.25, -0.2) is 4.79 Å². The van der Waals surface area contributed by atoms with Crippen LogP contribution >= 0.6 is 0 Å². The van der Waals surface area contributed by atoms with Gasteiger partial charge in [0.15, 0.2) is 0 Å². The second kappa shape index (κ2) is 5.40. The lowest BCUT2D eigenvalue weighted by molar-refractivity contribution is -0.141. The summed E-state index contributed by atoms with van der Waals surface area (Å²) in [5.41, 5.74) is 3.07. The quantitative estimate of drug-likeness (QED) is 0.925. The third-order valence-corrected chi connectivity index (χ3v) is 4.19. The van der Waals surface area contributed by atoms with Crippen molar-refractivity contribution in [3.8, 4) is 0 Å². The van der Waals surface area contributed by atoms with E-state index < -0.39 is 12.0 Å². The van der Waals surface area contributed by atoms with E-state index in [1.54, 1.807) is 6.92 Å². The third-order valence-electron chi connectivity index (χ3n) is 4.19. The first-order chi connectivity index (χ1) is 10.5. The summed E-state index contributed by atoms with van der Waals surface area (Å²) in [7, 11) is 0. The average Bonchev–Trinajstić information content (AvgIpc) is 2.96. The molecule has 0 unspecified atom stereocenters. The first-order valence-corrected chi connectivity index (χ1v) is 7.39. The molecule has 1 saturated heterocycles. The van der Waals surface area contributed by atoms with Gasteiger partial charge in [0.2, 0.25) is 0 Å². The normalized spacial score (nSPS) is 17.9. The predicted octanol–water partition coefficient (Wildman–Crippen LogP) is 2.54. The number of aryl methyl sites for hydroxylation is 2. The number of hydrogen-bond donors (Lipinski definition) is 1. The molecule has 0 aliphatic carbocycles. The molecular formula is C17H18N2O3. The fraction of sp³-hybridized carbons (Fsp3) is 0.353. The number of aliphatic carboxylic acids is 1. The molecule has 0 radical (unpaired) electrons. The van der Waals surface area contributed by atoms with Crippen LogP contribution in [0.4, 0.5) is 0 Å². The van der Waals surface area contributed by atoms with E-state index in [1.807, 2.05) is 31.2 Å². The minimum atomic E-state index is -0.937. The lowest BCUT2D eigenvalue weighted by Crippen LogP contribution is -2.40. The number of pyridine rings is 1. The first-order valence-electron chi connectivity index (χ1n) is 7.39. The van der Waals surface area contributed by atoms with Gasteiger partial charge in [-0.2, -0.15) is 0 Å². The van der Waals surface area contributed by atoms with Crippen LogP contribution in [0.1, 0.15) is 34.5 Å². The fourth-order valence-corrected chi connectivity index (χ4v) is 3.03. The van der Waals surface area contributed by atoms with Crippen LogP contribution in [0.25, 0.3) is 10.9 Å². The van der Waals surface area contributed by atoms with Gasteiger partial charge < -0.3 is 10.0 Å². The van der Waals surface area contributed by atoms with E-state index in [9.17, 15) is 14.7 Å². The van der Waals surface area contributed by atoms with E-state index in [0.717, 1.165) is 22.9 Å². The number of carboxylic acid groups (broad SMARTS) is 1. The van der Waals surface area contributed by atoms with Crippen LogP contribution in [0.5, 0.6) is 0 Å². The molecule has 3 rings (SSSR count). The van der Waals surface area contributed by atoms with Crippen molar-refractivity contribution in [1.82, 2.24) is 9.88 Å². The molecule has 0 bridgehead atoms. The van der Waals surface area contributed by atoms with E-state index in [4.69, 9.17) is 0 Å². The number of amides is 1. The van der Waals surface area contributed by atoms with Gasteiger partial charge in [0, 0.05) is 11.9 Å². The van der Waals surface area contributed by atoms with Gasteiger partial charge in [0.25, 0.3) is 5.91 Å². The summed E-state index contributed by atoms with van der Waals surface area (Å²) in [6, 6.07) is 7.00. The van der Waals surface area contributed by atoms with Crippen molar-refractivity contribution in [2.75, 3.05) is 6.54 Å². The molecule has 1 aromatic heterocycles. The van der Waals surface area contributed by atoms with Crippen LogP contribution in [0.15, 0.2) is 24.3 Å². The summed E-state index contributed by atoms with van der Waals surface area (Å²) in [4.78, 5) is 30.0. The molecule has 1 N–H and O–H groups in total. The zero-order valence-corrected chi connectivity index (χ0v) is 12.7. The molecule has 2 aromatic rings. The van der Waals surface area contributed by atoms with Crippen molar-refractivity contribution >= 4 is 22.8 Å². The van der Waals surface area contributed by atoms with Crippen molar-refractivity contribution in [1.29, 1.82) is 0 Å². The Labute approximate surface area is 128 Å². The Bertz CT molecular complexity index is 770. The van der Waals surface area contributed by atoms with Gasteiger partial charge >= 0.3 is 5.97 Å². The maximum atomic E-state index is 12.7. The summed E-state index contributed by atoms with van der Waals surface area (Å²) < 4.78 is 0. The molecule has 1 aromatic carbocycles. The number of fused-ring (bicyclic) bond motifs is 1. The maximum Gasteiger partial charge on any atom is 0.326 e. The summed E-state index contributed by atoms with van der Waals surface area (Å²) in [5, 5.41) is 10.2. The van der Waals surface area contributed by atoms with E-state index in [-0.39, 0.29) is 5.91 Å². The van der Waals surface area contributed by atoms with E-state index in [2.05, 4.69) is 4.98 Å². The summed E-state index contributed by atoms with van der Waals surface area (Å²) in [5.74, 6) is -1.17. The third kappa shape index (κ3) is 2.43. The van der Waals surface area contributed by atoms with Gasteiger partial charge in [-0.15, -0.1) is 0 Å². The van der Waals surface area contributed by atoms with Crippen LogP contribution in [-0.4, -0.2) is 39.5 Å². The van der Waals surface area contributed by atoms with Crippen LogP contribution < -0.4 is 0 Å². The SMILES string of the molecule is Cc1ccc2nc(C)c(C(=O)N3CCC[C@@H]3C(=O)O)cc2c1. The minimum absolute atomic E-state index is 0.238. The number of carboxylic acids is 1. The zero-order chi connectivity index (χ0) is 15.9. The molecule has 1 fully saturated rings. The minimum Gasteiger partial charge on any atom is -0.480 e. The smallest absolute Gasteiger partial charge is 0.326 e. The molecule has 1 aliphatic heterocycles. The van der Waals surface area contributed by atoms with Crippen LogP contribution in [0.3, 0.4) is 0 Å². The highest BCUT2D eigenvalue weighted by molar-refractivity contribution is 6.00. The fourth-order valence-electron chi connectivity index (χ4n) is 3.03. The topological polar surface area (TPSA) is 70.5 Å². The molecule has 2 heterocycles. The first kappa shape index (κ1) is 14.5. The van der Waals surface area contributed by atoms with Crippen LogP contribution in [0, 0.1) is 13.8 Å². The van der Waals surface area contributed by atoms with Gasteiger partial charge in [-0.05, 0) is 44.9 Å². The van der Waals surface area contributed by atoms with Crippen molar-refractivity contribution in [3.63, 3.8) is 0 Å². The second-order valence-corrected chi connectivity index (χ2v) is 5.81. The largest absolute Gasteiger partial charge is 0.480 e. The van der Waals surface area contributed by atoms with Gasteiger partial charge in [-0.3, -0.25) is 9.78 Å². The van der Waals surface area contributed by atoms with Gasteiger partial charge in [0.05, 0.1) is 16.8 Å². The highest BCUT2D eigenvalue weighted by Crippen LogP contribution is 2.24. The zero-order valence-electron chi connectivity index (χ0n) is 12.7. The van der Waals surface area contributed by atoms with Gasteiger partial charge in [0.1, 0.15) is 6.04 Å². The van der Waals surface area contributed by atoms with E-state index in [1.165, 1.54) is 4.90 Å². The van der Waals surface area contributed by atoms with E-state index in [0.29, 0.717) is 24.2 Å². The summed E-state index contributed by atoms with van der Waals surface area (Å²) >= 11 is 0. The number of benzene rings is 1. The van der Waals surface area contributed by atoms with Crippen molar-refractivity contribution in [3.05, 3.63) is 41.1 Å². The molecule has 5 nitrogen and oxygen atoms in total. The Kier molecular flexibility index (Phi) is 3.56. The Morgan fingerprint density at radius 1 is 1.27 bits per heavy atom. The Balaban J connectivity index is 2.03. The molecule has 22 heavy (non-hydrogen) atoms. The van der Waals surface area contributed by atoms with Crippen LogP contribution in [0.2, 0.25) is 0 Å². The number of aromatic nitrogens is 1. The van der Waals surface area contributed by atoms with Crippen molar-refractivity contribution in [2.45, 2.75) is 32.7 Å². The molecule has 1 amide bonds. The number of hydrogen-bond acceptors (Lipinski definition) is 3. The summed E-state index contributed by atoms with van der Waals surface area (Å²) in [6.07, 6.45) is 1.24. The highest BCUT2D eigenvalue weighted by atomic mass is 16.4. The molecule has 1 aliphatic rings. The molecule has 0 spiro atoms. The Morgan fingerprint density at radius 2 is 2.05 bits per heavy atom. The highest BCUT2D eigenvalue weighted by Gasteiger charge is 2.35. The molecule has 1 atom stereocenters. The van der Waals surface area contributed by atoms with Crippen LogP contribution in [-0.2, 0) is 4.79 Å². The number of likely N-dealkylation sites (tertiary alicyclic amines) is 1.